The number of hydrogen-bond donors (Lipinski definition) is 1. The number of esters is 1. The second-order valence-electron chi connectivity index (χ2n) is 4.71. The molecule has 0 spiro atoms. The van der Waals surface area contributed by atoms with Crippen LogP contribution in [-0.4, -0.2) is 19.6 Å². The van der Waals surface area contributed by atoms with Gasteiger partial charge in [0.15, 0.2) is 0 Å². The lowest BCUT2D eigenvalue weighted by Gasteiger charge is -2.07. The van der Waals surface area contributed by atoms with Gasteiger partial charge in [0, 0.05) is 6.54 Å². The van der Waals surface area contributed by atoms with E-state index in [1.807, 2.05) is 0 Å². The maximum atomic E-state index is 11.2. The summed E-state index contributed by atoms with van der Waals surface area (Å²) in [6, 6.07) is 1.72. The predicted octanol–water partition coefficient (Wildman–Crippen LogP) is 1.96. The standard InChI is InChI=1S/C12H17NO3/c1-12(3-4-12)8-13-6-10-5-9(7-16-10)11(14)15-2/h5,7,13H,3-4,6,8H2,1-2H3. The molecule has 88 valence electrons. The fourth-order valence-electron chi connectivity index (χ4n) is 1.58. The van der Waals surface area contributed by atoms with Gasteiger partial charge in [-0.1, -0.05) is 6.92 Å². The summed E-state index contributed by atoms with van der Waals surface area (Å²) in [5.41, 5.74) is 0.953. The molecule has 0 atom stereocenters. The van der Waals surface area contributed by atoms with Gasteiger partial charge < -0.3 is 14.5 Å². The van der Waals surface area contributed by atoms with E-state index in [1.165, 1.54) is 26.2 Å². The summed E-state index contributed by atoms with van der Waals surface area (Å²) in [6.45, 7) is 3.93. The highest BCUT2D eigenvalue weighted by atomic mass is 16.5. The lowest BCUT2D eigenvalue weighted by Crippen LogP contribution is -2.21. The van der Waals surface area contributed by atoms with Crippen molar-refractivity contribution in [3.63, 3.8) is 0 Å². The van der Waals surface area contributed by atoms with Gasteiger partial charge in [-0.2, -0.15) is 0 Å². The van der Waals surface area contributed by atoms with Gasteiger partial charge in [0.2, 0.25) is 0 Å². The zero-order valence-electron chi connectivity index (χ0n) is 9.71. The fourth-order valence-corrected chi connectivity index (χ4v) is 1.58. The van der Waals surface area contributed by atoms with Crippen molar-refractivity contribution >= 4 is 5.97 Å². The summed E-state index contributed by atoms with van der Waals surface area (Å²) in [7, 11) is 1.36. The van der Waals surface area contributed by atoms with Crippen LogP contribution < -0.4 is 5.32 Å². The molecule has 4 heteroatoms. The molecular formula is C12H17NO3. The van der Waals surface area contributed by atoms with Gasteiger partial charge in [0.05, 0.1) is 19.2 Å². The van der Waals surface area contributed by atoms with Crippen LogP contribution in [0.15, 0.2) is 16.7 Å². The molecular weight excluding hydrogens is 206 g/mol. The van der Waals surface area contributed by atoms with E-state index < -0.39 is 0 Å². The summed E-state index contributed by atoms with van der Waals surface area (Å²) in [5, 5.41) is 3.33. The molecule has 0 aromatic carbocycles. The van der Waals surface area contributed by atoms with Crippen molar-refractivity contribution in [3.05, 3.63) is 23.7 Å². The van der Waals surface area contributed by atoms with Gasteiger partial charge in [-0.3, -0.25) is 0 Å². The lowest BCUT2D eigenvalue weighted by molar-refractivity contribution is 0.0600. The van der Waals surface area contributed by atoms with Crippen LogP contribution in [0.1, 0.15) is 35.9 Å². The minimum Gasteiger partial charge on any atom is -0.467 e. The number of carbonyl (C=O) groups excluding carboxylic acids is 1. The Morgan fingerprint density at radius 3 is 3.00 bits per heavy atom. The van der Waals surface area contributed by atoms with E-state index in [4.69, 9.17) is 4.42 Å². The molecule has 0 saturated heterocycles. The van der Waals surface area contributed by atoms with E-state index in [-0.39, 0.29) is 5.97 Å². The number of rotatable bonds is 5. The van der Waals surface area contributed by atoms with Crippen molar-refractivity contribution in [2.24, 2.45) is 5.41 Å². The van der Waals surface area contributed by atoms with Crippen LogP contribution in [0.5, 0.6) is 0 Å². The average Bonchev–Trinajstić information content (AvgIpc) is 2.81. The average molecular weight is 223 g/mol. The molecule has 1 fully saturated rings. The zero-order chi connectivity index (χ0) is 11.6. The number of nitrogens with one attached hydrogen (secondary N) is 1. The molecule has 2 rings (SSSR count). The van der Waals surface area contributed by atoms with Crippen LogP contribution in [0.4, 0.5) is 0 Å². The summed E-state index contributed by atoms with van der Waals surface area (Å²) < 4.78 is 9.86. The topological polar surface area (TPSA) is 51.5 Å². The highest BCUT2D eigenvalue weighted by Gasteiger charge is 2.36. The van der Waals surface area contributed by atoms with Crippen molar-refractivity contribution in [3.8, 4) is 0 Å². The molecule has 1 saturated carbocycles. The third-order valence-corrected chi connectivity index (χ3v) is 3.03. The van der Waals surface area contributed by atoms with Gasteiger partial charge in [-0.05, 0) is 24.3 Å². The fraction of sp³-hybridized carbons (Fsp3) is 0.583. The Morgan fingerprint density at radius 1 is 1.62 bits per heavy atom. The van der Waals surface area contributed by atoms with E-state index >= 15 is 0 Å². The third kappa shape index (κ3) is 2.64. The van der Waals surface area contributed by atoms with Crippen molar-refractivity contribution in [2.75, 3.05) is 13.7 Å². The molecule has 1 aromatic rings. The van der Waals surface area contributed by atoms with Gasteiger partial charge in [-0.15, -0.1) is 0 Å². The first-order valence-corrected chi connectivity index (χ1v) is 5.49. The second-order valence-corrected chi connectivity index (χ2v) is 4.71. The van der Waals surface area contributed by atoms with Gasteiger partial charge in [0.25, 0.3) is 0 Å². The quantitative estimate of drug-likeness (QED) is 0.775. The second kappa shape index (κ2) is 4.29. The smallest absolute Gasteiger partial charge is 0.341 e. The van der Waals surface area contributed by atoms with Crippen LogP contribution in [-0.2, 0) is 11.3 Å². The van der Waals surface area contributed by atoms with Gasteiger partial charge in [0.1, 0.15) is 12.0 Å². The molecule has 0 radical (unpaired) electrons. The molecule has 4 nitrogen and oxygen atoms in total. The Kier molecular flexibility index (Phi) is 3.01. The molecule has 0 aliphatic heterocycles. The number of carbonyl (C=O) groups is 1. The normalized spacial score (nSPS) is 17.1. The van der Waals surface area contributed by atoms with E-state index in [0.29, 0.717) is 17.5 Å². The van der Waals surface area contributed by atoms with E-state index in [0.717, 1.165) is 12.3 Å². The Labute approximate surface area is 95.0 Å². The van der Waals surface area contributed by atoms with E-state index in [2.05, 4.69) is 17.0 Å². The number of methoxy groups -OCH3 is 1. The van der Waals surface area contributed by atoms with Gasteiger partial charge in [-0.25, -0.2) is 4.79 Å². The molecule has 1 aliphatic carbocycles. The van der Waals surface area contributed by atoms with Crippen LogP contribution in [0.2, 0.25) is 0 Å². The highest BCUT2D eigenvalue weighted by molar-refractivity contribution is 5.88. The Bertz CT molecular complexity index is 379. The molecule has 16 heavy (non-hydrogen) atoms. The molecule has 0 bridgehead atoms. The highest BCUT2D eigenvalue weighted by Crippen LogP contribution is 2.44. The largest absolute Gasteiger partial charge is 0.467 e. The maximum Gasteiger partial charge on any atom is 0.341 e. The molecule has 1 N–H and O–H groups in total. The Morgan fingerprint density at radius 2 is 2.38 bits per heavy atom. The van der Waals surface area contributed by atoms with Crippen LogP contribution >= 0.6 is 0 Å². The van der Waals surface area contributed by atoms with E-state index in [9.17, 15) is 4.79 Å². The number of hydrogen-bond acceptors (Lipinski definition) is 4. The zero-order valence-corrected chi connectivity index (χ0v) is 9.71. The lowest BCUT2D eigenvalue weighted by atomic mass is 10.1. The molecule has 1 aliphatic rings. The first-order valence-electron chi connectivity index (χ1n) is 5.49. The molecule has 0 unspecified atom stereocenters. The monoisotopic (exact) mass is 223 g/mol. The third-order valence-electron chi connectivity index (χ3n) is 3.03. The minimum atomic E-state index is -0.357. The summed E-state index contributed by atoms with van der Waals surface area (Å²) in [4.78, 5) is 11.2. The first kappa shape index (κ1) is 11.2. The van der Waals surface area contributed by atoms with Crippen molar-refractivity contribution in [1.82, 2.24) is 5.32 Å². The SMILES string of the molecule is COC(=O)c1coc(CNCC2(C)CC2)c1. The Balaban J connectivity index is 1.80. The summed E-state index contributed by atoms with van der Waals surface area (Å²) in [5.74, 6) is 0.411. The molecule has 1 heterocycles. The van der Waals surface area contributed by atoms with Crippen molar-refractivity contribution < 1.29 is 13.9 Å². The van der Waals surface area contributed by atoms with Crippen LogP contribution in [0.25, 0.3) is 0 Å². The number of ether oxygens (including phenoxy) is 1. The Hall–Kier alpha value is -1.29. The summed E-state index contributed by atoms with van der Waals surface area (Å²) in [6.07, 6.45) is 4.03. The van der Waals surface area contributed by atoms with Crippen LogP contribution in [0, 0.1) is 5.41 Å². The maximum absolute atomic E-state index is 11.2. The van der Waals surface area contributed by atoms with Crippen molar-refractivity contribution in [2.45, 2.75) is 26.3 Å². The first-order chi connectivity index (χ1) is 7.63. The van der Waals surface area contributed by atoms with Gasteiger partial charge >= 0.3 is 5.97 Å². The summed E-state index contributed by atoms with van der Waals surface area (Å²) >= 11 is 0. The predicted molar refractivity (Wildman–Crippen MR) is 59.1 cm³/mol. The van der Waals surface area contributed by atoms with Crippen molar-refractivity contribution in [1.29, 1.82) is 0 Å². The minimum absolute atomic E-state index is 0.357. The molecule has 1 aromatic heterocycles. The van der Waals surface area contributed by atoms with Crippen LogP contribution in [0.3, 0.4) is 0 Å². The number of furan rings is 1. The van der Waals surface area contributed by atoms with E-state index in [1.54, 1.807) is 6.07 Å². The molecule has 0 amide bonds.